The lowest BCUT2D eigenvalue weighted by molar-refractivity contribution is -0.132. The summed E-state index contributed by atoms with van der Waals surface area (Å²) in [6, 6.07) is 1.47. The molecule has 1 aromatic rings. The summed E-state index contributed by atoms with van der Waals surface area (Å²) in [5.41, 5.74) is 6.88. The molecule has 2 N–H and O–H groups in total. The van der Waals surface area contributed by atoms with Gasteiger partial charge in [0.15, 0.2) is 0 Å². The molecule has 5 nitrogen and oxygen atoms in total. The van der Waals surface area contributed by atoms with Gasteiger partial charge in [-0.2, -0.15) is 0 Å². The van der Waals surface area contributed by atoms with Gasteiger partial charge in [0.2, 0.25) is 5.91 Å². The summed E-state index contributed by atoms with van der Waals surface area (Å²) in [5.74, 6) is 0.0000491. The number of hydrogen-bond donors (Lipinski definition) is 1. The average Bonchev–Trinajstić information content (AvgIpc) is 2.37. The van der Waals surface area contributed by atoms with E-state index in [0.717, 1.165) is 31.5 Å². The Morgan fingerprint density at radius 3 is 2.67 bits per heavy atom. The van der Waals surface area contributed by atoms with E-state index in [0.29, 0.717) is 5.69 Å². The van der Waals surface area contributed by atoms with Gasteiger partial charge in [-0.25, -0.2) is 0 Å². The number of nitrogen functional groups attached to an aromatic ring is 1. The van der Waals surface area contributed by atoms with E-state index < -0.39 is 0 Å². The Morgan fingerprint density at radius 1 is 1.33 bits per heavy atom. The van der Waals surface area contributed by atoms with Crippen molar-refractivity contribution in [3.8, 4) is 0 Å². The number of amides is 1. The number of carbonyl (C=O) groups is 1. The highest BCUT2D eigenvalue weighted by Gasteiger charge is 2.17. The van der Waals surface area contributed by atoms with Gasteiger partial charge in [0.1, 0.15) is 6.54 Å². The van der Waals surface area contributed by atoms with Gasteiger partial charge in [-0.3, -0.25) is 9.59 Å². The van der Waals surface area contributed by atoms with Crippen molar-refractivity contribution in [1.82, 2.24) is 9.47 Å². The first-order chi connectivity index (χ1) is 8.58. The molecule has 0 aromatic carbocycles. The van der Waals surface area contributed by atoms with Crippen LogP contribution in [0, 0.1) is 6.92 Å². The zero-order valence-corrected chi connectivity index (χ0v) is 10.7. The van der Waals surface area contributed by atoms with Crippen LogP contribution in [0.2, 0.25) is 0 Å². The number of likely N-dealkylation sites (tertiary alicyclic amines) is 1. The number of anilines is 1. The van der Waals surface area contributed by atoms with Crippen LogP contribution < -0.4 is 11.3 Å². The quantitative estimate of drug-likeness (QED) is 0.841. The molecule has 0 saturated carbocycles. The Kier molecular flexibility index (Phi) is 3.69. The summed E-state index contributed by atoms with van der Waals surface area (Å²) in [6.07, 6.45) is 4.84. The largest absolute Gasteiger partial charge is 0.397 e. The lowest BCUT2D eigenvalue weighted by Crippen LogP contribution is -2.39. The van der Waals surface area contributed by atoms with E-state index in [1.807, 2.05) is 4.90 Å². The minimum absolute atomic E-state index is 0.0000491. The summed E-state index contributed by atoms with van der Waals surface area (Å²) in [4.78, 5) is 25.6. The fourth-order valence-electron chi connectivity index (χ4n) is 2.20. The van der Waals surface area contributed by atoms with Crippen LogP contribution in [-0.2, 0) is 11.3 Å². The van der Waals surface area contributed by atoms with Gasteiger partial charge in [0.05, 0.1) is 5.69 Å². The van der Waals surface area contributed by atoms with E-state index in [1.165, 1.54) is 17.1 Å². The molecule has 0 bridgehead atoms. The molecule has 18 heavy (non-hydrogen) atoms. The molecule has 1 aliphatic heterocycles. The van der Waals surface area contributed by atoms with Crippen LogP contribution in [0.4, 0.5) is 5.69 Å². The number of carbonyl (C=O) groups excluding carboxylic acids is 1. The maximum Gasteiger partial charge on any atom is 0.251 e. The Hall–Kier alpha value is -1.78. The molecule has 1 aromatic heterocycles. The highest BCUT2D eigenvalue weighted by molar-refractivity contribution is 5.76. The minimum atomic E-state index is -0.174. The summed E-state index contributed by atoms with van der Waals surface area (Å²) in [7, 11) is 0. The van der Waals surface area contributed by atoms with Crippen molar-refractivity contribution >= 4 is 11.6 Å². The number of rotatable bonds is 2. The number of nitrogens with zero attached hydrogens (tertiary/aromatic N) is 2. The Balaban J connectivity index is 2.11. The predicted octanol–water partition coefficient (Wildman–Crippen LogP) is 0.751. The molecule has 0 atom stereocenters. The molecular weight excluding hydrogens is 230 g/mol. The van der Waals surface area contributed by atoms with Gasteiger partial charge in [-0.05, 0) is 31.7 Å². The second kappa shape index (κ2) is 5.25. The van der Waals surface area contributed by atoms with Crippen molar-refractivity contribution in [2.75, 3.05) is 18.8 Å². The van der Waals surface area contributed by atoms with Gasteiger partial charge < -0.3 is 15.2 Å². The van der Waals surface area contributed by atoms with Crippen LogP contribution in [0.5, 0.6) is 0 Å². The van der Waals surface area contributed by atoms with Crippen molar-refractivity contribution in [3.05, 3.63) is 28.2 Å². The number of pyridine rings is 1. The Morgan fingerprint density at radius 2 is 2.00 bits per heavy atom. The van der Waals surface area contributed by atoms with E-state index in [-0.39, 0.29) is 18.0 Å². The third-order valence-corrected chi connectivity index (χ3v) is 3.39. The summed E-state index contributed by atoms with van der Waals surface area (Å²) in [6.45, 7) is 3.47. The summed E-state index contributed by atoms with van der Waals surface area (Å²) < 4.78 is 1.39. The van der Waals surface area contributed by atoms with E-state index in [4.69, 9.17) is 5.73 Å². The van der Waals surface area contributed by atoms with Crippen molar-refractivity contribution in [1.29, 1.82) is 0 Å². The molecule has 1 aliphatic rings. The van der Waals surface area contributed by atoms with Gasteiger partial charge in [0.25, 0.3) is 5.56 Å². The zero-order valence-electron chi connectivity index (χ0n) is 10.7. The topological polar surface area (TPSA) is 68.3 Å². The van der Waals surface area contributed by atoms with E-state index in [2.05, 4.69) is 0 Å². The minimum Gasteiger partial charge on any atom is -0.397 e. The van der Waals surface area contributed by atoms with Crippen LogP contribution in [0.25, 0.3) is 0 Å². The van der Waals surface area contributed by atoms with E-state index >= 15 is 0 Å². The number of piperidine rings is 1. The van der Waals surface area contributed by atoms with Crippen molar-refractivity contribution in [3.63, 3.8) is 0 Å². The fourth-order valence-corrected chi connectivity index (χ4v) is 2.20. The maximum atomic E-state index is 12.0. The van der Waals surface area contributed by atoms with Crippen LogP contribution in [0.1, 0.15) is 24.8 Å². The van der Waals surface area contributed by atoms with Gasteiger partial charge in [-0.15, -0.1) is 0 Å². The lowest BCUT2D eigenvalue weighted by atomic mass is 10.1. The second-order valence-electron chi connectivity index (χ2n) is 4.82. The molecule has 5 heteroatoms. The lowest BCUT2D eigenvalue weighted by Gasteiger charge is -2.27. The number of aryl methyl sites for hydroxylation is 1. The van der Waals surface area contributed by atoms with Gasteiger partial charge in [-0.1, -0.05) is 0 Å². The molecule has 1 fully saturated rings. The predicted molar refractivity (Wildman–Crippen MR) is 70.3 cm³/mol. The molecule has 0 unspecified atom stereocenters. The molecular formula is C13H19N3O2. The second-order valence-corrected chi connectivity index (χ2v) is 4.82. The number of aromatic nitrogens is 1. The molecule has 2 rings (SSSR count). The molecule has 0 spiro atoms. The zero-order chi connectivity index (χ0) is 13.1. The number of hydrogen-bond acceptors (Lipinski definition) is 3. The van der Waals surface area contributed by atoms with Crippen LogP contribution in [0.3, 0.4) is 0 Å². The van der Waals surface area contributed by atoms with Crippen LogP contribution in [0.15, 0.2) is 17.1 Å². The molecule has 0 aliphatic carbocycles. The third-order valence-electron chi connectivity index (χ3n) is 3.39. The third kappa shape index (κ3) is 2.72. The van der Waals surface area contributed by atoms with Gasteiger partial charge in [0, 0.05) is 25.4 Å². The SMILES string of the molecule is Cc1cc(=O)n(CC(=O)N2CCCCC2)cc1N. The van der Waals surface area contributed by atoms with Crippen LogP contribution in [-0.4, -0.2) is 28.5 Å². The Bertz CT molecular complexity index is 501. The normalized spacial score (nSPS) is 15.7. The summed E-state index contributed by atoms with van der Waals surface area (Å²) in [5, 5.41) is 0. The Labute approximate surface area is 106 Å². The molecule has 1 saturated heterocycles. The van der Waals surface area contributed by atoms with E-state index in [9.17, 15) is 9.59 Å². The van der Waals surface area contributed by atoms with E-state index in [1.54, 1.807) is 13.1 Å². The maximum absolute atomic E-state index is 12.0. The van der Waals surface area contributed by atoms with Gasteiger partial charge >= 0.3 is 0 Å². The number of nitrogens with two attached hydrogens (primary N) is 1. The highest BCUT2D eigenvalue weighted by Crippen LogP contribution is 2.10. The summed E-state index contributed by atoms with van der Waals surface area (Å²) >= 11 is 0. The first-order valence-electron chi connectivity index (χ1n) is 6.32. The van der Waals surface area contributed by atoms with Crippen molar-refractivity contribution < 1.29 is 4.79 Å². The standard InChI is InChI=1S/C13H19N3O2/c1-10-7-12(17)16(8-11(10)14)9-13(18)15-5-3-2-4-6-15/h7-8H,2-6,9,14H2,1H3. The fraction of sp³-hybridized carbons (Fsp3) is 0.538. The smallest absolute Gasteiger partial charge is 0.251 e. The first kappa shape index (κ1) is 12.7. The van der Waals surface area contributed by atoms with Crippen molar-refractivity contribution in [2.45, 2.75) is 32.7 Å². The first-order valence-corrected chi connectivity index (χ1v) is 6.32. The van der Waals surface area contributed by atoms with Crippen molar-refractivity contribution in [2.24, 2.45) is 0 Å². The van der Waals surface area contributed by atoms with Crippen LogP contribution >= 0.6 is 0 Å². The highest BCUT2D eigenvalue weighted by atomic mass is 16.2. The molecule has 98 valence electrons. The molecule has 0 radical (unpaired) electrons. The molecule has 1 amide bonds. The monoisotopic (exact) mass is 249 g/mol. The average molecular weight is 249 g/mol. The molecule has 2 heterocycles.